The molecule has 5 N–H and O–H groups in total. The van der Waals surface area contributed by atoms with Gasteiger partial charge in [0.05, 0.1) is 34.7 Å². The molecule has 3 aromatic rings. The number of nitrogens with zero attached hydrogens (tertiary/aromatic N) is 3. The second-order valence-electron chi connectivity index (χ2n) is 7.54. The lowest BCUT2D eigenvalue weighted by Crippen LogP contribution is -2.43. The SMILES string of the molecule is COc1cc(Cl)c(-n2cnc(N)c(C(=O)Nc3cncc([C@@H]4C[C@@H](C)N4)c3)c2=O)c(Cl)c1.O=CO. The Morgan fingerprint density at radius 1 is 1.31 bits per heavy atom. The Hall–Kier alpha value is -3.67. The predicted octanol–water partition coefficient (Wildman–Crippen LogP) is 2.90. The lowest BCUT2D eigenvalue weighted by Gasteiger charge is -2.35. The summed E-state index contributed by atoms with van der Waals surface area (Å²) in [7, 11) is 1.46. The van der Waals surface area contributed by atoms with Crippen molar-refractivity contribution in [3.05, 3.63) is 68.4 Å². The highest BCUT2D eigenvalue weighted by atomic mass is 35.5. The van der Waals surface area contributed by atoms with Crippen molar-refractivity contribution in [1.29, 1.82) is 0 Å². The quantitative estimate of drug-likeness (QED) is 0.370. The maximum Gasteiger partial charge on any atom is 0.290 e. The topological polar surface area (TPSA) is 161 Å². The number of carboxylic acid groups (broad SMARTS) is 1. The van der Waals surface area contributed by atoms with E-state index in [0.29, 0.717) is 17.5 Å². The van der Waals surface area contributed by atoms with Crippen LogP contribution in [0, 0.1) is 0 Å². The minimum Gasteiger partial charge on any atom is -0.497 e. The molecular formula is C22H22Cl2N6O5. The first-order valence-electron chi connectivity index (χ1n) is 10.2. The van der Waals surface area contributed by atoms with Crippen LogP contribution >= 0.6 is 23.2 Å². The zero-order chi connectivity index (χ0) is 25.7. The summed E-state index contributed by atoms with van der Waals surface area (Å²) in [6.45, 7) is 1.84. The zero-order valence-corrected chi connectivity index (χ0v) is 20.2. The molecule has 1 amide bonds. The van der Waals surface area contributed by atoms with Gasteiger partial charge in [0, 0.05) is 30.4 Å². The van der Waals surface area contributed by atoms with E-state index in [0.717, 1.165) is 16.6 Å². The summed E-state index contributed by atoms with van der Waals surface area (Å²) in [5.74, 6) is -0.520. The third kappa shape index (κ3) is 5.70. The number of hydrogen-bond donors (Lipinski definition) is 4. The summed E-state index contributed by atoms with van der Waals surface area (Å²) in [6.07, 6.45) is 5.37. The Morgan fingerprint density at radius 2 is 1.94 bits per heavy atom. The van der Waals surface area contributed by atoms with E-state index in [1.165, 1.54) is 31.8 Å². The number of benzene rings is 1. The summed E-state index contributed by atoms with van der Waals surface area (Å²) in [5.41, 5.74) is 6.35. The van der Waals surface area contributed by atoms with Crippen LogP contribution in [0.1, 0.15) is 35.3 Å². The second-order valence-corrected chi connectivity index (χ2v) is 8.36. The van der Waals surface area contributed by atoms with Crippen LogP contribution in [-0.2, 0) is 4.79 Å². The number of halogens is 2. The van der Waals surface area contributed by atoms with E-state index in [-0.39, 0.29) is 39.6 Å². The Morgan fingerprint density at radius 3 is 2.51 bits per heavy atom. The second kappa shape index (κ2) is 11.2. The molecule has 0 radical (unpaired) electrons. The molecule has 3 heterocycles. The molecule has 2 aromatic heterocycles. The minimum absolute atomic E-state index is 0.147. The molecule has 184 valence electrons. The van der Waals surface area contributed by atoms with E-state index in [2.05, 4.69) is 27.5 Å². The number of hydrogen-bond acceptors (Lipinski definition) is 8. The molecule has 0 spiro atoms. The normalized spacial score (nSPS) is 16.3. The Kier molecular flexibility index (Phi) is 8.28. The van der Waals surface area contributed by atoms with E-state index in [4.69, 9.17) is 43.6 Å². The van der Waals surface area contributed by atoms with Gasteiger partial charge in [-0.25, -0.2) is 4.98 Å². The molecule has 1 aliphatic rings. The molecule has 1 aliphatic heterocycles. The maximum atomic E-state index is 13.2. The number of nitrogens with two attached hydrogens (primary N) is 1. The molecule has 4 rings (SSSR count). The van der Waals surface area contributed by atoms with Crippen LogP contribution < -0.4 is 26.7 Å². The van der Waals surface area contributed by atoms with Gasteiger partial charge in [0.2, 0.25) is 0 Å². The average molecular weight is 521 g/mol. The standard InChI is InChI=1S/C21H20Cl2N6O3.CH2O2/c1-10-3-16(27-10)11-4-12(8-25-7-11)28-20(30)17-19(24)26-9-29(21(17)31)18-14(22)5-13(32-2)6-15(18)23;2-1-3/h4-10,16,27H,3,24H2,1-2H3,(H,28,30);1H,(H,2,3)/t10-,16+;/m1./s1. The predicted molar refractivity (Wildman–Crippen MR) is 132 cm³/mol. The van der Waals surface area contributed by atoms with Crippen molar-refractivity contribution in [2.45, 2.75) is 25.4 Å². The number of aromatic nitrogens is 3. The van der Waals surface area contributed by atoms with E-state index in [1.807, 2.05) is 0 Å². The number of ether oxygens (including phenoxy) is 1. The van der Waals surface area contributed by atoms with Crippen molar-refractivity contribution in [2.24, 2.45) is 0 Å². The van der Waals surface area contributed by atoms with E-state index >= 15 is 0 Å². The maximum absolute atomic E-state index is 13.2. The first-order valence-corrected chi connectivity index (χ1v) is 11.0. The molecule has 1 fully saturated rings. The van der Waals surface area contributed by atoms with Crippen molar-refractivity contribution in [3.63, 3.8) is 0 Å². The number of methoxy groups -OCH3 is 1. The summed E-state index contributed by atoms with van der Waals surface area (Å²) >= 11 is 12.6. The van der Waals surface area contributed by atoms with Gasteiger partial charge < -0.3 is 26.2 Å². The fourth-order valence-corrected chi connectivity index (χ4v) is 4.19. The molecule has 13 heteroatoms. The van der Waals surface area contributed by atoms with E-state index in [9.17, 15) is 9.59 Å². The summed E-state index contributed by atoms with van der Waals surface area (Å²) in [5, 5.41) is 13.2. The molecule has 0 unspecified atom stereocenters. The van der Waals surface area contributed by atoms with Crippen molar-refractivity contribution in [2.75, 3.05) is 18.2 Å². The number of amides is 1. The number of rotatable bonds is 5. The van der Waals surface area contributed by atoms with E-state index in [1.54, 1.807) is 12.3 Å². The summed E-state index contributed by atoms with van der Waals surface area (Å²) < 4.78 is 6.20. The van der Waals surface area contributed by atoms with Gasteiger partial charge in [-0.05, 0) is 25.0 Å². The highest BCUT2D eigenvalue weighted by molar-refractivity contribution is 6.38. The van der Waals surface area contributed by atoms with Crippen LogP contribution in [0.3, 0.4) is 0 Å². The third-order valence-corrected chi connectivity index (χ3v) is 5.77. The number of carbonyl (C=O) groups excluding carboxylic acids is 1. The third-order valence-electron chi connectivity index (χ3n) is 5.19. The van der Waals surface area contributed by atoms with Crippen molar-refractivity contribution >= 4 is 47.1 Å². The average Bonchev–Trinajstić information content (AvgIpc) is 2.78. The lowest BCUT2D eigenvalue weighted by molar-refractivity contribution is -0.122. The van der Waals surface area contributed by atoms with Gasteiger partial charge >= 0.3 is 0 Å². The first kappa shape index (κ1) is 25.9. The van der Waals surface area contributed by atoms with Crippen molar-refractivity contribution in [1.82, 2.24) is 19.9 Å². The van der Waals surface area contributed by atoms with Crippen LogP contribution in [0.15, 0.2) is 41.7 Å². The minimum atomic E-state index is -0.720. The zero-order valence-electron chi connectivity index (χ0n) is 18.7. The molecular weight excluding hydrogens is 499 g/mol. The van der Waals surface area contributed by atoms with Crippen molar-refractivity contribution < 1.29 is 19.4 Å². The highest BCUT2D eigenvalue weighted by Crippen LogP contribution is 2.33. The van der Waals surface area contributed by atoms with Crippen LogP contribution in [0.4, 0.5) is 11.5 Å². The number of nitrogens with one attached hydrogen (secondary N) is 2. The Bertz CT molecular complexity index is 1290. The number of anilines is 2. The van der Waals surface area contributed by atoms with Crippen LogP contribution in [0.2, 0.25) is 10.0 Å². The molecule has 2 atom stereocenters. The smallest absolute Gasteiger partial charge is 0.290 e. The Balaban J connectivity index is 0.00000108. The first-order chi connectivity index (χ1) is 16.7. The van der Waals surface area contributed by atoms with Gasteiger partial charge in [-0.3, -0.25) is 23.9 Å². The number of pyridine rings is 1. The number of nitrogen functional groups attached to an aromatic ring is 1. The molecule has 0 aliphatic carbocycles. The van der Waals surface area contributed by atoms with Crippen molar-refractivity contribution in [3.8, 4) is 11.4 Å². The van der Waals surface area contributed by atoms with Crippen LogP contribution in [-0.4, -0.2) is 45.2 Å². The molecule has 11 nitrogen and oxygen atoms in total. The van der Waals surface area contributed by atoms with Gasteiger partial charge in [-0.15, -0.1) is 0 Å². The van der Waals surface area contributed by atoms with Gasteiger partial charge in [-0.1, -0.05) is 23.2 Å². The molecule has 35 heavy (non-hydrogen) atoms. The molecule has 0 saturated carbocycles. The monoisotopic (exact) mass is 520 g/mol. The van der Waals surface area contributed by atoms with E-state index < -0.39 is 11.5 Å². The summed E-state index contributed by atoms with van der Waals surface area (Å²) in [4.78, 5) is 42.6. The molecule has 1 aromatic carbocycles. The largest absolute Gasteiger partial charge is 0.497 e. The highest BCUT2D eigenvalue weighted by Gasteiger charge is 2.26. The van der Waals surface area contributed by atoms with Crippen LogP contribution in [0.25, 0.3) is 5.69 Å². The Labute approximate surface area is 209 Å². The lowest BCUT2D eigenvalue weighted by atomic mass is 9.93. The van der Waals surface area contributed by atoms with Crippen LogP contribution in [0.5, 0.6) is 5.75 Å². The number of carbonyl (C=O) groups is 2. The fraction of sp³-hybridized carbons (Fsp3) is 0.227. The fourth-order valence-electron chi connectivity index (χ4n) is 3.55. The van der Waals surface area contributed by atoms with Gasteiger partial charge in [-0.2, -0.15) is 0 Å². The summed E-state index contributed by atoms with van der Waals surface area (Å²) in [6, 6.07) is 5.41. The molecule has 1 saturated heterocycles. The van der Waals surface area contributed by atoms with Gasteiger partial charge in [0.15, 0.2) is 0 Å². The van der Waals surface area contributed by atoms with Gasteiger partial charge in [0.25, 0.3) is 17.9 Å². The van der Waals surface area contributed by atoms with Gasteiger partial charge in [0.1, 0.15) is 23.5 Å². The molecule has 0 bridgehead atoms.